The van der Waals surface area contributed by atoms with E-state index in [1.807, 2.05) is 24.3 Å². The number of amides is 1. The average molecular weight is 495 g/mol. The minimum atomic E-state index is -1.14. The molecule has 0 aliphatic carbocycles. The van der Waals surface area contributed by atoms with Gasteiger partial charge in [-0.25, -0.2) is 9.59 Å². The third-order valence-corrected chi connectivity index (χ3v) is 7.25. The van der Waals surface area contributed by atoms with Gasteiger partial charge >= 0.3 is 12.0 Å². The highest BCUT2D eigenvalue weighted by atomic mass is 35.5. The summed E-state index contributed by atoms with van der Waals surface area (Å²) in [6, 6.07) is 16.6. The van der Waals surface area contributed by atoms with Gasteiger partial charge in [-0.1, -0.05) is 23.7 Å². The SMILES string of the molecule is O=C(O)c1ccn(C(=O)N2CCC3(CCN(Cc4ccc(Oc5ccc(Cl)cc5)cc4)C3)CC2)n1. The Bertz CT molecular complexity index is 1200. The Kier molecular flexibility index (Phi) is 6.49. The number of hydrogen-bond donors (Lipinski definition) is 1. The molecule has 182 valence electrons. The first-order chi connectivity index (χ1) is 16.9. The number of carboxylic acids is 1. The van der Waals surface area contributed by atoms with Crippen LogP contribution in [0.25, 0.3) is 0 Å². The van der Waals surface area contributed by atoms with E-state index in [1.165, 1.54) is 17.8 Å². The average Bonchev–Trinajstić information content (AvgIpc) is 3.50. The van der Waals surface area contributed by atoms with Gasteiger partial charge in [-0.15, -0.1) is 0 Å². The van der Waals surface area contributed by atoms with Crippen LogP contribution in [-0.4, -0.2) is 62.9 Å². The van der Waals surface area contributed by atoms with Crippen LogP contribution in [0.15, 0.2) is 60.8 Å². The van der Waals surface area contributed by atoms with Crippen molar-refractivity contribution in [3.63, 3.8) is 0 Å². The third-order valence-electron chi connectivity index (χ3n) is 7.00. The number of benzene rings is 2. The minimum Gasteiger partial charge on any atom is -0.476 e. The molecule has 2 aliphatic rings. The smallest absolute Gasteiger partial charge is 0.356 e. The molecule has 3 heterocycles. The topological polar surface area (TPSA) is 87.9 Å². The van der Waals surface area contributed by atoms with E-state index in [1.54, 1.807) is 17.0 Å². The van der Waals surface area contributed by atoms with Crippen LogP contribution >= 0.6 is 11.6 Å². The first kappa shape index (κ1) is 23.4. The molecule has 2 aromatic carbocycles. The van der Waals surface area contributed by atoms with E-state index in [4.69, 9.17) is 21.4 Å². The van der Waals surface area contributed by atoms with Crippen LogP contribution in [0.5, 0.6) is 11.5 Å². The lowest BCUT2D eigenvalue weighted by molar-refractivity contribution is 0.0689. The Morgan fingerprint density at radius 1 is 0.943 bits per heavy atom. The van der Waals surface area contributed by atoms with Crippen molar-refractivity contribution < 1.29 is 19.4 Å². The van der Waals surface area contributed by atoms with Crippen molar-refractivity contribution in [2.24, 2.45) is 5.41 Å². The second-order valence-electron chi connectivity index (χ2n) is 9.38. The van der Waals surface area contributed by atoms with E-state index >= 15 is 0 Å². The molecule has 8 nitrogen and oxygen atoms in total. The number of ether oxygens (including phenoxy) is 1. The Balaban J connectivity index is 1.12. The lowest BCUT2D eigenvalue weighted by Gasteiger charge is -2.39. The molecule has 0 bridgehead atoms. The molecule has 0 atom stereocenters. The van der Waals surface area contributed by atoms with Gasteiger partial charge in [-0.3, -0.25) is 4.90 Å². The van der Waals surface area contributed by atoms with Crippen molar-refractivity contribution >= 4 is 23.6 Å². The first-order valence-electron chi connectivity index (χ1n) is 11.7. The molecule has 3 aromatic rings. The molecule has 1 aromatic heterocycles. The van der Waals surface area contributed by atoms with Crippen molar-refractivity contribution in [1.29, 1.82) is 0 Å². The molecule has 0 saturated carbocycles. The maximum atomic E-state index is 12.7. The normalized spacial score (nSPS) is 17.6. The van der Waals surface area contributed by atoms with Crippen molar-refractivity contribution in [2.45, 2.75) is 25.8 Å². The summed E-state index contributed by atoms with van der Waals surface area (Å²) in [7, 11) is 0. The van der Waals surface area contributed by atoms with Crippen molar-refractivity contribution in [1.82, 2.24) is 19.6 Å². The summed E-state index contributed by atoms with van der Waals surface area (Å²) in [5.74, 6) is 0.408. The number of hydrogen-bond acceptors (Lipinski definition) is 5. The van der Waals surface area contributed by atoms with Crippen LogP contribution in [0, 0.1) is 5.41 Å². The van der Waals surface area contributed by atoms with Gasteiger partial charge < -0.3 is 14.7 Å². The largest absolute Gasteiger partial charge is 0.476 e. The minimum absolute atomic E-state index is 0.122. The lowest BCUT2D eigenvalue weighted by Crippen LogP contribution is -2.45. The van der Waals surface area contributed by atoms with Crippen LogP contribution in [0.3, 0.4) is 0 Å². The molecule has 0 unspecified atom stereocenters. The van der Waals surface area contributed by atoms with Crippen molar-refractivity contribution in [2.75, 3.05) is 26.2 Å². The number of likely N-dealkylation sites (tertiary alicyclic amines) is 2. The number of carbonyl (C=O) groups is 2. The maximum Gasteiger partial charge on any atom is 0.356 e. The number of nitrogens with zero attached hydrogens (tertiary/aromatic N) is 4. The molecule has 9 heteroatoms. The van der Waals surface area contributed by atoms with Crippen LogP contribution < -0.4 is 4.74 Å². The third kappa shape index (κ3) is 5.33. The zero-order valence-corrected chi connectivity index (χ0v) is 20.0. The highest BCUT2D eigenvalue weighted by molar-refractivity contribution is 6.30. The fourth-order valence-corrected chi connectivity index (χ4v) is 5.12. The second kappa shape index (κ2) is 9.71. The molecule has 1 amide bonds. The van der Waals surface area contributed by atoms with E-state index in [0.717, 1.165) is 55.1 Å². The highest BCUT2D eigenvalue weighted by Crippen LogP contribution is 2.41. The van der Waals surface area contributed by atoms with Gasteiger partial charge in [-0.2, -0.15) is 9.78 Å². The van der Waals surface area contributed by atoms with Gasteiger partial charge in [0.15, 0.2) is 5.69 Å². The number of rotatable bonds is 5. The molecule has 2 saturated heterocycles. The van der Waals surface area contributed by atoms with Gasteiger partial charge in [0, 0.05) is 37.4 Å². The molecule has 1 spiro atoms. The number of aromatic carboxylic acids is 1. The van der Waals surface area contributed by atoms with Gasteiger partial charge in [0.2, 0.25) is 0 Å². The molecule has 1 N–H and O–H groups in total. The summed E-state index contributed by atoms with van der Waals surface area (Å²) in [4.78, 5) is 28.0. The molecule has 5 rings (SSSR count). The van der Waals surface area contributed by atoms with Crippen LogP contribution in [0.4, 0.5) is 4.79 Å². The van der Waals surface area contributed by atoms with Crippen LogP contribution in [0.1, 0.15) is 35.3 Å². The summed E-state index contributed by atoms with van der Waals surface area (Å²) < 4.78 is 7.01. The van der Waals surface area contributed by atoms with Crippen molar-refractivity contribution in [3.8, 4) is 11.5 Å². The van der Waals surface area contributed by atoms with E-state index in [2.05, 4.69) is 22.1 Å². The molecular weight excluding hydrogens is 468 g/mol. The fourth-order valence-electron chi connectivity index (χ4n) is 4.99. The summed E-state index contributed by atoms with van der Waals surface area (Å²) in [5.41, 5.74) is 1.35. The summed E-state index contributed by atoms with van der Waals surface area (Å²) in [5, 5.41) is 13.6. The zero-order chi connectivity index (χ0) is 24.4. The predicted molar refractivity (Wildman–Crippen MR) is 131 cm³/mol. The van der Waals surface area contributed by atoms with Gasteiger partial charge in [0.25, 0.3) is 0 Å². The molecule has 2 fully saturated rings. The summed E-state index contributed by atoms with van der Waals surface area (Å²) in [6.07, 6.45) is 4.42. The Morgan fingerprint density at radius 3 is 2.20 bits per heavy atom. The summed E-state index contributed by atoms with van der Waals surface area (Å²) >= 11 is 5.93. The van der Waals surface area contributed by atoms with Gasteiger partial charge in [0.1, 0.15) is 11.5 Å². The van der Waals surface area contributed by atoms with E-state index in [0.29, 0.717) is 18.1 Å². The molecule has 2 aliphatic heterocycles. The van der Waals surface area contributed by atoms with Gasteiger partial charge in [-0.05, 0) is 79.3 Å². The summed E-state index contributed by atoms with van der Waals surface area (Å²) in [6.45, 7) is 4.26. The number of halogens is 1. The molecule has 0 radical (unpaired) electrons. The predicted octanol–water partition coefficient (Wildman–Crippen LogP) is 4.98. The Morgan fingerprint density at radius 2 is 1.57 bits per heavy atom. The van der Waals surface area contributed by atoms with Crippen LogP contribution in [0.2, 0.25) is 5.02 Å². The van der Waals surface area contributed by atoms with Crippen molar-refractivity contribution in [3.05, 3.63) is 77.1 Å². The highest BCUT2D eigenvalue weighted by Gasteiger charge is 2.41. The van der Waals surface area contributed by atoms with Crippen LogP contribution in [-0.2, 0) is 6.54 Å². The number of aromatic nitrogens is 2. The number of piperidine rings is 1. The fraction of sp³-hybridized carbons (Fsp3) is 0.346. The van der Waals surface area contributed by atoms with Gasteiger partial charge in [0.05, 0.1) is 0 Å². The Labute approximate surface area is 208 Å². The van der Waals surface area contributed by atoms with E-state index < -0.39 is 5.97 Å². The number of carboxylic acid groups (broad SMARTS) is 1. The maximum absolute atomic E-state index is 12.7. The molecule has 35 heavy (non-hydrogen) atoms. The van der Waals surface area contributed by atoms with E-state index in [-0.39, 0.29) is 17.1 Å². The monoisotopic (exact) mass is 494 g/mol. The Hall–Kier alpha value is -3.36. The zero-order valence-electron chi connectivity index (χ0n) is 19.3. The standard InChI is InChI=1S/C26H27ClN4O4/c27-20-3-7-22(8-4-20)35-21-5-1-19(2-6-21)17-29-14-10-26(18-29)11-15-30(16-12-26)25(34)31-13-9-23(28-31)24(32)33/h1-9,13H,10-12,14-18H2,(H,32,33). The molecular formula is C26H27ClN4O4. The number of carbonyl (C=O) groups excluding carboxylic acids is 1. The first-order valence-corrected chi connectivity index (χ1v) is 12.1. The lowest BCUT2D eigenvalue weighted by atomic mass is 9.78. The van der Waals surface area contributed by atoms with E-state index in [9.17, 15) is 9.59 Å². The quantitative estimate of drug-likeness (QED) is 0.538. The second-order valence-corrected chi connectivity index (χ2v) is 9.82.